The highest BCUT2D eigenvalue weighted by Crippen LogP contribution is 2.29. The lowest BCUT2D eigenvalue weighted by molar-refractivity contribution is -0.0512. The van der Waals surface area contributed by atoms with Crippen LogP contribution in [0.4, 0.5) is 8.78 Å². The molecule has 0 heterocycles. The Bertz CT molecular complexity index is 761. The highest BCUT2D eigenvalue weighted by Gasteiger charge is 2.11. The molecule has 154 valence electrons. The number of rotatable bonds is 8. The van der Waals surface area contributed by atoms with Crippen molar-refractivity contribution in [3.05, 3.63) is 58.6 Å². The van der Waals surface area contributed by atoms with E-state index in [2.05, 4.69) is 20.4 Å². The van der Waals surface area contributed by atoms with Crippen LogP contribution in [0.3, 0.4) is 0 Å². The normalized spacial score (nSPS) is 11.0. The van der Waals surface area contributed by atoms with Crippen LogP contribution in [0, 0.1) is 0 Å². The van der Waals surface area contributed by atoms with E-state index in [1.54, 1.807) is 19.2 Å². The topological polar surface area (TPSA) is 54.9 Å². The second-order valence-corrected chi connectivity index (χ2v) is 6.03. The van der Waals surface area contributed by atoms with Gasteiger partial charge in [0.1, 0.15) is 0 Å². The van der Waals surface area contributed by atoms with Gasteiger partial charge in [-0.25, -0.2) is 0 Å². The van der Waals surface area contributed by atoms with Gasteiger partial charge in [0, 0.05) is 25.2 Å². The maximum atomic E-state index is 12.5. The first kappa shape index (κ1) is 24.2. The summed E-state index contributed by atoms with van der Waals surface area (Å²) in [5, 5.41) is 7.04. The van der Waals surface area contributed by atoms with Crippen LogP contribution >= 0.6 is 35.6 Å². The number of aliphatic imine (C=N–C) groups is 1. The number of alkyl halides is 2. The molecule has 0 unspecified atom stereocenters. The Kier molecular flexibility index (Phi) is 10.9. The van der Waals surface area contributed by atoms with Gasteiger partial charge in [0.15, 0.2) is 17.5 Å². The second-order valence-electron chi connectivity index (χ2n) is 5.59. The van der Waals surface area contributed by atoms with Crippen LogP contribution in [0.25, 0.3) is 0 Å². The minimum atomic E-state index is -2.91. The molecule has 0 saturated heterocycles. The molecule has 2 N–H and O–H groups in total. The van der Waals surface area contributed by atoms with Crippen molar-refractivity contribution in [1.82, 2.24) is 10.6 Å². The number of nitrogens with zero attached hydrogens (tertiary/aromatic N) is 1. The van der Waals surface area contributed by atoms with Gasteiger partial charge in [0.2, 0.25) is 0 Å². The number of benzene rings is 2. The van der Waals surface area contributed by atoms with Gasteiger partial charge in [-0.15, -0.1) is 24.0 Å². The SMILES string of the molecule is CN=C(NCCc1ccc(Cl)cc1)NCc1ccc(OC)c(OC(F)F)c1.I. The van der Waals surface area contributed by atoms with Crippen LogP contribution in [0.5, 0.6) is 11.5 Å². The predicted molar refractivity (Wildman–Crippen MR) is 118 cm³/mol. The smallest absolute Gasteiger partial charge is 0.387 e. The van der Waals surface area contributed by atoms with Crippen LogP contribution in [-0.4, -0.2) is 33.3 Å². The van der Waals surface area contributed by atoms with E-state index < -0.39 is 6.61 Å². The van der Waals surface area contributed by atoms with Crippen molar-refractivity contribution in [2.75, 3.05) is 20.7 Å². The molecule has 2 aromatic carbocycles. The highest BCUT2D eigenvalue weighted by atomic mass is 127. The van der Waals surface area contributed by atoms with E-state index in [4.69, 9.17) is 16.3 Å². The zero-order valence-electron chi connectivity index (χ0n) is 15.5. The molecule has 0 aromatic heterocycles. The number of guanidine groups is 1. The fourth-order valence-electron chi connectivity index (χ4n) is 2.40. The van der Waals surface area contributed by atoms with Crippen molar-refractivity contribution in [2.45, 2.75) is 19.6 Å². The van der Waals surface area contributed by atoms with Crippen LogP contribution < -0.4 is 20.1 Å². The Balaban J connectivity index is 0.00000392. The van der Waals surface area contributed by atoms with E-state index in [0.717, 1.165) is 17.5 Å². The summed E-state index contributed by atoms with van der Waals surface area (Å²) in [6.45, 7) is -1.84. The molecule has 0 saturated carbocycles. The fraction of sp³-hybridized carbons (Fsp3) is 0.316. The van der Waals surface area contributed by atoms with E-state index >= 15 is 0 Å². The Hall–Kier alpha value is -1.81. The number of nitrogens with one attached hydrogen (secondary N) is 2. The van der Waals surface area contributed by atoms with Crippen LogP contribution in [0.15, 0.2) is 47.5 Å². The maximum Gasteiger partial charge on any atom is 0.387 e. The van der Waals surface area contributed by atoms with Crippen molar-refractivity contribution < 1.29 is 18.3 Å². The van der Waals surface area contributed by atoms with Gasteiger partial charge in [-0.1, -0.05) is 29.8 Å². The van der Waals surface area contributed by atoms with Crippen molar-refractivity contribution in [2.24, 2.45) is 4.99 Å². The molecule has 0 spiro atoms. The third-order valence-corrected chi connectivity index (χ3v) is 4.00. The number of hydrogen-bond acceptors (Lipinski definition) is 3. The first-order valence-corrected chi connectivity index (χ1v) is 8.70. The summed E-state index contributed by atoms with van der Waals surface area (Å²) in [5.41, 5.74) is 1.92. The molecule has 0 fully saturated rings. The van der Waals surface area contributed by atoms with E-state index in [9.17, 15) is 8.78 Å². The Morgan fingerprint density at radius 2 is 1.75 bits per heavy atom. The first-order valence-electron chi connectivity index (χ1n) is 8.32. The molecule has 5 nitrogen and oxygen atoms in total. The summed E-state index contributed by atoms with van der Waals surface area (Å²) in [6, 6.07) is 12.5. The predicted octanol–water partition coefficient (Wildman–Crippen LogP) is 4.48. The summed E-state index contributed by atoms with van der Waals surface area (Å²) in [4.78, 5) is 4.15. The molecule has 0 atom stereocenters. The molecule has 0 aliphatic rings. The lowest BCUT2D eigenvalue weighted by atomic mass is 10.1. The average Bonchev–Trinajstić information content (AvgIpc) is 2.65. The van der Waals surface area contributed by atoms with Gasteiger partial charge in [-0.05, 0) is 41.8 Å². The summed E-state index contributed by atoms with van der Waals surface area (Å²) in [7, 11) is 3.06. The highest BCUT2D eigenvalue weighted by molar-refractivity contribution is 14.0. The molecule has 0 radical (unpaired) electrons. The molecule has 0 amide bonds. The standard InChI is InChI=1S/C19H22ClF2N3O2.HI/c1-23-19(24-10-9-13-3-6-15(20)7-4-13)25-12-14-5-8-16(26-2)17(11-14)27-18(21)22;/h3-8,11,18H,9-10,12H2,1-2H3,(H2,23,24,25);1H. The lowest BCUT2D eigenvalue weighted by Crippen LogP contribution is -2.37. The summed E-state index contributed by atoms with van der Waals surface area (Å²) in [5.74, 6) is 0.859. The van der Waals surface area contributed by atoms with Crippen molar-refractivity contribution in [3.8, 4) is 11.5 Å². The van der Waals surface area contributed by atoms with Gasteiger partial charge in [0.25, 0.3) is 0 Å². The molecular formula is C19H23ClF2IN3O2. The van der Waals surface area contributed by atoms with Crippen LogP contribution in [-0.2, 0) is 13.0 Å². The Labute approximate surface area is 185 Å². The van der Waals surface area contributed by atoms with Gasteiger partial charge in [0.05, 0.1) is 7.11 Å². The molecule has 9 heteroatoms. The third-order valence-electron chi connectivity index (χ3n) is 3.75. The zero-order chi connectivity index (χ0) is 19.6. The third kappa shape index (κ3) is 8.05. The van der Waals surface area contributed by atoms with Gasteiger partial charge in [-0.3, -0.25) is 4.99 Å². The van der Waals surface area contributed by atoms with Crippen LogP contribution in [0.2, 0.25) is 5.02 Å². The van der Waals surface area contributed by atoms with Gasteiger partial charge >= 0.3 is 6.61 Å². The largest absolute Gasteiger partial charge is 0.493 e. The number of hydrogen-bond donors (Lipinski definition) is 2. The minimum Gasteiger partial charge on any atom is -0.493 e. The molecular weight excluding hydrogens is 503 g/mol. The molecule has 0 aliphatic heterocycles. The Morgan fingerprint density at radius 3 is 2.36 bits per heavy atom. The number of methoxy groups -OCH3 is 1. The van der Waals surface area contributed by atoms with E-state index in [-0.39, 0.29) is 35.5 Å². The molecule has 28 heavy (non-hydrogen) atoms. The monoisotopic (exact) mass is 525 g/mol. The zero-order valence-corrected chi connectivity index (χ0v) is 18.6. The van der Waals surface area contributed by atoms with Gasteiger partial charge < -0.3 is 20.1 Å². The Morgan fingerprint density at radius 1 is 1.07 bits per heavy atom. The van der Waals surface area contributed by atoms with Crippen molar-refractivity contribution in [1.29, 1.82) is 0 Å². The number of ether oxygens (including phenoxy) is 2. The summed E-state index contributed by atoms with van der Waals surface area (Å²) in [6.07, 6.45) is 0.812. The minimum absolute atomic E-state index is 0. The van der Waals surface area contributed by atoms with E-state index in [0.29, 0.717) is 24.1 Å². The van der Waals surface area contributed by atoms with Gasteiger partial charge in [-0.2, -0.15) is 8.78 Å². The summed E-state index contributed by atoms with van der Waals surface area (Å²) < 4.78 is 34.5. The lowest BCUT2D eigenvalue weighted by Gasteiger charge is -2.14. The second kappa shape index (κ2) is 12.6. The van der Waals surface area contributed by atoms with Crippen LogP contribution in [0.1, 0.15) is 11.1 Å². The number of halogens is 4. The summed E-state index contributed by atoms with van der Waals surface area (Å²) >= 11 is 5.87. The molecule has 0 bridgehead atoms. The first-order chi connectivity index (χ1) is 13.0. The molecule has 2 rings (SSSR count). The quantitative estimate of drug-likeness (QED) is 0.303. The van der Waals surface area contributed by atoms with Crippen molar-refractivity contribution >= 4 is 41.5 Å². The maximum absolute atomic E-state index is 12.5. The fourth-order valence-corrected chi connectivity index (χ4v) is 2.53. The van der Waals surface area contributed by atoms with E-state index in [1.165, 1.54) is 13.2 Å². The molecule has 0 aliphatic carbocycles. The molecule has 2 aromatic rings. The van der Waals surface area contributed by atoms with E-state index in [1.807, 2.05) is 24.3 Å². The average molecular weight is 526 g/mol. The van der Waals surface area contributed by atoms with Crippen molar-refractivity contribution in [3.63, 3.8) is 0 Å².